The van der Waals surface area contributed by atoms with Gasteiger partial charge in [-0.1, -0.05) is 218 Å². The Hall–Kier alpha value is -2.82. The fraction of sp³-hybridized carbons (Fsp3) is 0.870. The maximum absolute atomic E-state index is 14.3. The van der Waals surface area contributed by atoms with Crippen LogP contribution in [-0.2, 0) is 61.2 Å². The molecule has 0 radical (unpaired) electrons. The van der Waals surface area contributed by atoms with Gasteiger partial charge in [-0.3, -0.25) is 18.6 Å². The van der Waals surface area contributed by atoms with Crippen LogP contribution in [0.4, 0.5) is 0 Å². The number of ether oxygens (including phenoxy) is 7. The summed E-state index contributed by atoms with van der Waals surface area (Å²) in [5.41, 5.74) is 0. The molecule has 11 N–H and O–H groups in total. The van der Waals surface area contributed by atoms with Crippen LogP contribution in [0, 0.1) is 0 Å². The van der Waals surface area contributed by atoms with E-state index >= 15 is 0 Å². The summed E-state index contributed by atoms with van der Waals surface area (Å²) >= 11 is 0. The molecular weight excluding hydrogens is 1240 g/mol. The lowest BCUT2D eigenvalue weighted by Crippen LogP contribution is -2.69. The summed E-state index contributed by atoms with van der Waals surface area (Å²) in [6.07, 6.45) is 11.7. The number of hydrogen-bond donors (Lipinski definition) is 11. The fourth-order valence-electron chi connectivity index (χ4n) is 11.6. The molecule has 3 rings (SSSR count). The van der Waals surface area contributed by atoms with E-state index in [1.54, 1.807) is 6.08 Å². The molecule has 18 atom stereocenters. The number of hydrogen-bond acceptors (Lipinski definition) is 23. The minimum Gasteiger partial charge on any atom is -0.463 e. The summed E-state index contributed by atoms with van der Waals surface area (Å²) < 4.78 is 64.6. The normalized spacial score (nSPS) is 28.5. The molecule has 0 amide bonds. The summed E-state index contributed by atoms with van der Waals surface area (Å²) in [4.78, 5) is 50.7. The highest BCUT2D eigenvalue weighted by molar-refractivity contribution is 7.47. The molecule has 94 heavy (non-hydrogen) atoms. The zero-order valence-corrected chi connectivity index (χ0v) is 57.6. The highest BCUT2D eigenvalue weighted by atomic mass is 31.2. The van der Waals surface area contributed by atoms with Gasteiger partial charge in [-0.2, -0.15) is 0 Å². The number of phosphoric acid groups is 1. The van der Waals surface area contributed by atoms with Crippen molar-refractivity contribution < 1.29 is 117 Å². The Kier molecular flexibility index (Phi) is 46.7. The van der Waals surface area contributed by atoms with Crippen LogP contribution in [0.5, 0.6) is 0 Å². The van der Waals surface area contributed by atoms with Crippen LogP contribution in [0.15, 0.2) is 36.5 Å². The van der Waals surface area contributed by atoms with Crippen molar-refractivity contribution in [3.05, 3.63) is 36.5 Å². The summed E-state index contributed by atoms with van der Waals surface area (Å²) in [6, 6.07) is 0. The molecule has 0 aromatic heterocycles. The van der Waals surface area contributed by atoms with Gasteiger partial charge >= 0.3 is 25.7 Å². The lowest BCUT2D eigenvalue weighted by molar-refractivity contribution is -0.360. The molecule has 3 aliphatic rings. The van der Waals surface area contributed by atoms with Crippen LogP contribution >= 0.6 is 7.82 Å². The first-order chi connectivity index (χ1) is 45.3. The number of carbonyl (C=O) groups excluding carboxylic acids is 3. The first kappa shape index (κ1) is 85.4. The lowest BCUT2D eigenvalue weighted by Gasteiger charge is -2.49. The maximum atomic E-state index is 14.3. The molecule has 2 aliphatic heterocycles. The summed E-state index contributed by atoms with van der Waals surface area (Å²) in [5.74, 6) is -2.27. The van der Waals surface area contributed by atoms with E-state index in [9.17, 15) is 74.9 Å². The number of phosphoric ester groups is 1. The third kappa shape index (κ3) is 34.8. The van der Waals surface area contributed by atoms with Crippen LogP contribution in [0.1, 0.15) is 252 Å². The SMILES string of the molecule is CCCCCCCC/C=C\CCCCCC(=O)OCC(COP(=O)(O)OC1C(OC2OC(CO)C(O)C(O)C2O)C(O)C(O)C(O)C1OC1OC(COC(=O)CCCCCCCCCCCCC)C(O)C(O)C1O)OC(=O)/C=C/C=C/CCCCCCCCCCCCC. The van der Waals surface area contributed by atoms with Gasteiger partial charge in [0, 0.05) is 18.9 Å². The highest BCUT2D eigenvalue weighted by Crippen LogP contribution is 2.49. The molecule has 0 spiro atoms. The highest BCUT2D eigenvalue weighted by Gasteiger charge is 2.58. The van der Waals surface area contributed by atoms with E-state index in [2.05, 4.69) is 32.9 Å². The molecule has 24 nitrogen and oxygen atoms in total. The number of aliphatic hydroxyl groups excluding tert-OH is 10. The van der Waals surface area contributed by atoms with Gasteiger partial charge in [0.05, 0.1) is 13.2 Å². The number of carbonyl (C=O) groups is 3. The monoisotopic (exact) mass is 1370 g/mol. The van der Waals surface area contributed by atoms with Gasteiger partial charge in [-0.15, -0.1) is 0 Å². The third-order valence-corrected chi connectivity index (χ3v) is 18.5. The molecule has 3 fully saturated rings. The van der Waals surface area contributed by atoms with E-state index in [1.807, 2.05) is 6.08 Å². The molecule has 2 heterocycles. The summed E-state index contributed by atoms with van der Waals surface area (Å²) in [7, 11) is -5.72. The Morgan fingerprint density at radius 1 is 0.436 bits per heavy atom. The number of unbranched alkanes of at least 4 members (excludes halogenated alkanes) is 30. The first-order valence-corrected chi connectivity index (χ1v) is 37.3. The van der Waals surface area contributed by atoms with E-state index in [0.29, 0.717) is 12.8 Å². The van der Waals surface area contributed by atoms with Crippen molar-refractivity contribution in [3.63, 3.8) is 0 Å². The largest absolute Gasteiger partial charge is 0.472 e. The van der Waals surface area contributed by atoms with Crippen molar-refractivity contribution in [2.75, 3.05) is 26.4 Å². The van der Waals surface area contributed by atoms with Gasteiger partial charge in [0.1, 0.15) is 98.7 Å². The van der Waals surface area contributed by atoms with E-state index < -0.39 is 156 Å². The van der Waals surface area contributed by atoms with E-state index in [1.165, 1.54) is 122 Å². The van der Waals surface area contributed by atoms with Gasteiger partial charge in [0.25, 0.3) is 0 Å². The number of aliphatic hydroxyl groups is 10. The Morgan fingerprint density at radius 3 is 1.28 bits per heavy atom. The molecule has 0 aromatic rings. The average molecular weight is 1370 g/mol. The molecule has 2 saturated heterocycles. The second-order valence-corrected chi connectivity index (χ2v) is 27.1. The fourth-order valence-corrected chi connectivity index (χ4v) is 12.6. The van der Waals surface area contributed by atoms with Crippen LogP contribution in [0.25, 0.3) is 0 Å². The van der Waals surface area contributed by atoms with Crippen molar-refractivity contribution in [2.24, 2.45) is 0 Å². The smallest absolute Gasteiger partial charge is 0.463 e. The summed E-state index contributed by atoms with van der Waals surface area (Å²) in [6.45, 7) is 3.27. The van der Waals surface area contributed by atoms with Crippen molar-refractivity contribution in [1.82, 2.24) is 0 Å². The van der Waals surface area contributed by atoms with Crippen molar-refractivity contribution in [2.45, 2.75) is 356 Å². The van der Waals surface area contributed by atoms with Crippen LogP contribution in [-0.4, -0.2) is 204 Å². The molecule has 0 bridgehead atoms. The Labute approximate surface area is 559 Å². The Balaban J connectivity index is 1.79. The van der Waals surface area contributed by atoms with Crippen LogP contribution in [0.2, 0.25) is 0 Å². The predicted octanol–water partition coefficient (Wildman–Crippen LogP) is 8.73. The van der Waals surface area contributed by atoms with Crippen molar-refractivity contribution in [1.29, 1.82) is 0 Å². The minimum atomic E-state index is -5.72. The topological polar surface area (TPSA) is 374 Å². The first-order valence-electron chi connectivity index (χ1n) is 35.8. The van der Waals surface area contributed by atoms with Gasteiger partial charge in [-0.25, -0.2) is 9.36 Å². The van der Waals surface area contributed by atoms with Crippen molar-refractivity contribution >= 4 is 25.7 Å². The Bertz CT molecular complexity index is 2100. The molecule has 1 aliphatic carbocycles. The maximum Gasteiger partial charge on any atom is 0.472 e. The summed E-state index contributed by atoms with van der Waals surface area (Å²) in [5, 5.41) is 110. The molecule has 548 valence electrons. The number of esters is 3. The van der Waals surface area contributed by atoms with Gasteiger partial charge in [0.15, 0.2) is 18.7 Å². The standard InChI is InChI=1S/C69H123O24P/c1-4-7-10-13-16-19-22-24-25-27-30-33-36-39-42-45-55(73)88-50(47-85-53(71)43-40-37-34-32-29-26-23-20-17-14-11-8-5-2)48-87-94(83,84)93-67-65(91-68-63(81)58(76)56(74)51(46-70)89-68)61(79)60(78)62(80)66(67)92-69-64(82)59(77)57(75)52(90-69)49-86-54(72)44-41-38-35-31-28-21-18-15-12-9-6-3/h26,29,36,39,42,45,50-52,56-70,74-82H,4-25,27-28,30-35,37-38,40-41,43-44,46-49H2,1-3H3,(H,83,84)/b29-26-,39-36+,45-42+. The predicted molar refractivity (Wildman–Crippen MR) is 351 cm³/mol. The second-order valence-electron chi connectivity index (χ2n) is 25.7. The second kappa shape index (κ2) is 51.4. The zero-order valence-electron chi connectivity index (χ0n) is 56.7. The lowest BCUT2D eigenvalue weighted by atomic mass is 9.84. The molecule has 0 aromatic carbocycles. The quantitative estimate of drug-likeness (QED) is 0.00515. The van der Waals surface area contributed by atoms with Crippen LogP contribution in [0.3, 0.4) is 0 Å². The number of allylic oxidation sites excluding steroid dienone is 5. The van der Waals surface area contributed by atoms with Crippen LogP contribution < -0.4 is 0 Å². The Morgan fingerprint density at radius 2 is 0.819 bits per heavy atom. The van der Waals surface area contributed by atoms with Gasteiger partial charge in [0.2, 0.25) is 0 Å². The molecule has 18 unspecified atom stereocenters. The zero-order chi connectivity index (χ0) is 68.9. The number of rotatable bonds is 54. The average Bonchev–Trinajstić information content (AvgIpc) is 0.765. The van der Waals surface area contributed by atoms with Gasteiger partial charge in [-0.05, 0) is 51.4 Å². The minimum absolute atomic E-state index is 0.00456. The van der Waals surface area contributed by atoms with Gasteiger partial charge < -0.3 is 89.1 Å². The molecule has 25 heteroatoms. The van der Waals surface area contributed by atoms with E-state index in [-0.39, 0.29) is 12.8 Å². The van der Waals surface area contributed by atoms with Crippen molar-refractivity contribution in [3.8, 4) is 0 Å². The third-order valence-electron chi connectivity index (χ3n) is 17.5. The van der Waals surface area contributed by atoms with E-state index in [4.69, 9.17) is 42.2 Å². The van der Waals surface area contributed by atoms with E-state index in [0.717, 1.165) is 96.0 Å². The molecular formula is C69H123O24P. The molecule has 1 saturated carbocycles.